The molecule has 0 radical (unpaired) electrons. The van der Waals surface area contributed by atoms with Crippen LogP contribution >= 0.6 is 0 Å². The molecule has 552 valence electrons. The minimum Gasteiger partial charge on any atom is -0.497 e. The summed E-state index contributed by atoms with van der Waals surface area (Å²) in [4.78, 5) is 23.7. The molecular formula is C96H94N10O4. The minimum atomic E-state index is -0.166. The highest BCUT2D eigenvalue weighted by molar-refractivity contribution is 6.04. The van der Waals surface area contributed by atoms with E-state index in [1.807, 2.05) is 107 Å². The van der Waals surface area contributed by atoms with Crippen LogP contribution in [0, 0.1) is 109 Å². The maximum Gasteiger partial charge on any atom is 0.190 e. The summed E-state index contributed by atoms with van der Waals surface area (Å²) in [6.07, 6.45) is 23.5. The lowest BCUT2D eigenvalue weighted by Crippen LogP contribution is -2.20. The number of methoxy groups -OCH3 is 2. The Morgan fingerprint density at radius 3 is 0.964 bits per heavy atom. The number of pyridine rings is 2. The van der Waals surface area contributed by atoms with Crippen molar-refractivity contribution in [1.29, 1.82) is 0 Å². The lowest BCUT2D eigenvalue weighted by Gasteiger charge is -2.27. The molecule has 14 heteroatoms. The molecule has 110 heavy (non-hydrogen) atoms. The summed E-state index contributed by atoms with van der Waals surface area (Å²) < 4.78 is 19.7. The van der Waals surface area contributed by atoms with E-state index in [-0.39, 0.29) is 12.2 Å². The van der Waals surface area contributed by atoms with Gasteiger partial charge in [-0.25, -0.2) is 19.4 Å². The van der Waals surface area contributed by atoms with Gasteiger partial charge in [-0.3, -0.25) is 9.97 Å². The van der Waals surface area contributed by atoms with Gasteiger partial charge in [-0.05, 0) is 331 Å². The summed E-state index contributed by atoms with van der Waals surface area (Å²) in [5.74, 6) is 1.66. The predicted octanol–water partition coefficient (Wildman–Crippen LogP) is 24.9. The first-order chi connectivity index (χ1) is 53.0. The molecule has 0 aliphatic heterocycles. The monoisotopic (exact) mass is 1450 g/mol. The second kappa shape index (κ2) is 32.3. The number of aliphatic hydroxyl groups is 2. The Balaban J connectivity index is 0.000000129. The third-order valence-corrected chi connectivity index (χ3v) is 23.2. The molecule has 2 aliphatic carbocycles. The maximum atomic E-state index is 9.91. The number of aliphatic hydroxyl groups excluding tert-OH is 2. The summed E-state index contributed by atoms with van der Waals surface area (Å²) in [5, 5.41) is 24.2. The number of aromatic nitrogens is 6. The van der Waals surface area contributed by atoms with E-state index in [0.29, 0.717) is 29.1 Å². The topological polar surface area (TPSA) is 122 Å². The van der Waals surface area contributed by atoms with Gasteiger partial charge in [0.2, 0.25) is 0 Å². The van der Waals surface area contributed by atoms with Gasteiger partial charge in [-0.2, -0.15) is 0 Å². The van der Waals surface area contributed by atoms with E-state index in [0.717, 1.165) is 168 Å². The number of nitrogens with zero attached hydrogens (tertiary/aromatic N) is 10. The lowest BCUT2D eigenvalue weighted by molar-refractivity contribution is 0.111. The van der Waals surface area contributed by atoms with E-state index in [4.69, 9.17) is 35.8 Å². The van der Waals surface area contributed by atoms with Crippen LogP contribution in [0.3, 0.4) is 0 Å². The van der Waals surface area contributed by atoms with Crippen LogP contribution in [0.2, 0.25) is 0 Å². The second-order valence-electron chi connectivity index (χ2n) is 29.9. The summed E-state index contributed by atoms with van der Waals surface area (Å²) in [5.41, 5.74) is 32.6. The normalized spacial score (nSPS) is 15.3. The van der Waals surface area contributed by atoms with Gasteiger partial charge in [0.1, 0.15) is 11.5 Å². The summed E-state index contributed by atoms with van der Waals surface area (Å²) in [6, 6.07) is 46.3. The highest BCUT2D eigenvalue weighted by atomic mass is 16.5. The first-order valence-corrected chi connectivity index (χ1v) is 37.8. The van der Waals surface area contributed by atoms with E-state index in [1.54, 1.807) is 14.2 Å². The Morgan fingerprint density at radius 1 is 0.327 bits per heavy atom. The van der Waals surface area contributed by atoms with Crippen molar-refractivity contribution >= 4 is 66.4 Å². The van der Waals surface area contributed by atoms with E-state index < -0.39 is 0 Å². The third-order valence-electron chi connectivity index (χ3n) is 23.2. The molecule has 14 nitrogen and oxygen atoms in total. The largest absolute Gasteiger partial charge is 0.497 e. The molecule has 16 rings (SSSR count). The van der Waals surface area contributed by atoms with Crippen molar-refractivity contribution in [3.63, 3.8) is 0 Å². The first-order valence-electron chi connectivity index (χ1n) is 37.8. The average Bonchev–Trinajstić information content (AvgIpc) is 1.62. The Kier molecular flexibility index (Phi) is 22.3. The fourth-order valence-electron chi connectivity index (χ4n) is 15.9. The van der Waals surface area contributed by atoms with Crippen molar-refractivity contribution < 1.29 is 19.7 Å². The van der Waals surface area contributed by atoms with Crippen molar-refractivity contribution in [3.8, 4) is 67.4 Å². The maximum absolute atomic E-state index is 9.91. The lowest BCUT2D eigenvalue weighted by atomic mass is 9.93. The Hall–Kier alpha value is -12.3. The van der Waals surface area contributed by atoms with Crippen LogP contribution in [-0.4, -0.2) is 64.9 Å². The van der Waals surface area contributed by atoms with Crippen LogP contribution in [0.4, 0.5) is 22.7 Å². The molecule has 0 unspecified atom stereocenters. The molecule has 0 spiro atoms. The standard InChI is InChI=1S/C25H22N2O.C24H21N3O.C24H26N2O.C23H25N3O/c1-16-7-6-8-21(18(16)3)23-15-27(19-9-11-20(28-5)12-10-19)25-13-17(2)24(26-4)14-22(23)25;1-15-10-24-20(11-23(15)25-4)22(21-13-26-12-16(2)17(21)3)14-27(24)18-6-8-19(28-5)9-7-18;1-15-6-5-7-20(17(15)3)22-14-26(18-8-10-19(27)11-9-18)24-12-16(2)23(25-4)13-21(22)24;1-14-9-23-19(10-22(14)24-4)21(20-12-25-11-15(2)16(20)3)13-26(23)17-5-7-18(27)8-6-17/h6-15H,1-3,5H3;6-14H,1-3,5H3;5-7,12-14,18-19,27H,8-11H2,1-3H3;9-13,17-18,27H,5-8H2,1-3H3. The SMILES string of the molecule is [C-]#[N+]c1cc2c(-c3cccc(C)c3C)cn(-c3ccc(OC)cc3)c2cc1C.[C-]#[N+]c1cc2c(-c3cccc(C)c3C)cn(C3CCC(O)CC3)c2cc1C.[C-]#[N+]c1cc2c(-c3cncc(C)c3C)cn(-c3ccc(OC)cc3)c2cc1C.[C-]#[N+]c1cc2c(-c3cncc(C)c3C)cn(C3CCC(O)CC3)c2cc1C. The molecule has 6 heterocycles. The molecule has 0 amide bonds. The summed E-state index contributed by atoms with van der Waals surface area (Å²) in [6.45, 7) is 55.1. The molecule has 6 aromatic heterocycles. The Labute approximate surface area is 646 Å². The number of rotatable bonds is 10. The van der Waals surface area contributed by atoms with Gasteiger partial charge >= 0.3 is 0 Å². The molecule has 8 aromatic carbocycles. The van der Waals surface area contributed by atoms with Gasteiger partial charge < -0.3 is 38.0 Å². The smallest absolute Gasteiger partial charge is 0.190 e. The number of hydrogen-bond acceptors (Lipinski definition) is 6. The van der Waals surface area contributed by atoms with Crippen LogP contribution in [0.25, 0.3) is 119 Å². The molecule has 14 aromatic rings. The summed E-state index contributed by atoms with van der Waals surface area (Å²) >= 11 is 0. The van der Waals surface area contributed by atoms with E-state index >= 15 is 0 Å². The molecule has 0 saturated heterocycles. The molecule has 2 saturated carbocycles. The molecule has 2 N–H and O–H groups in total. The quantitative estimate of drug-likeness (QED) is 0.132. The van der Waals surface area contributed by atoms with Crippen molar-refractivity contribution in [1.82, 2.24) is 28.2 Å². The number of fused-ring (bicyclic) bond motifs is 4. The second-order valence-corrected chi connectivity index (χ2v) is 29.9. The number of ether oxygens (including phenoxy) is 2. The highest BCUT2D eigenvalue weighted by Gasteiger charge is 2.28. The van der Waals surface area contributed by atoms with Gasteiger partial charge in [0.25, 0.3) is 0 Å². The van der Waals surface area contributed by atoms with E-state index in [2.05, 4.69) is 207 Å². The zero-order valence-electron chi connectivity index (χ0n) is 65.5. The predicted molar refractivity (Wildman–Crippen MR) is 450 cm³/mol. The molecule has 2 fully saturated rings. The van der Waals surface area contributed by atoms with Crippen molar-refractivity contribution in [3.05, 3.63) is 295 Å². The van der Waals surface area contributed by atoms with Gasteiger partial charge in [0, 0.05) is 117 Å². The van der Waals surface area contributed by atoms with Gasteiger partial charge in [0.05, 0.1) is 63.7 Å². The van der Waals surface area contributed by atoms with Crippen LogP contribution < -0.4 is 9.47 Å². The molecule has 0 atom stereocenters. The summed E-state index contributed by atoms with van der Waals surface area (Å²) in [7, 11) is 3.34. The van der Waals surface area contributed by atoms with Crippen molar-refractivity contribution in [2.45, 2.75) is 159 Å². The fourth-order valence-corrected chi connectivity index (χ4v) is 15.9. The van der Waals surface area contributed by atoms with Crippen molar-refractivity contribution in [2.24, 2.45) is 0 Å². The van der Waals surface area contributed by atoms with Crippen LogP contribution in [-0.2, 0) is 0 Å². The zero-order chi connectivity index (χ0) is 77.9. The number of aryl methyl sites for hydroxylation is 8. The fraction of sp³-hybridized carbons (Fsp3) is 0.271. The third kappa shape index (κ3) is 14.9. The van der Waals surface area contributed by atoms with E-state index in [1.165, 1.54) is 66.7 Å². The van der Waals surface area contributed by atoms with Gasteiger partial charge in [-0.1, -0.05) is 36.4 Å². The molecule has 2 aliphatic rings. The van der Waals surface area contributed by atoms with Crippen molar-refractivity contribution in [2.75, 3.05) is 14.2 Å². The minimum absolute atomic E-state index is 0.156. The Bertz CT molecular complexity index is 5650. The van der Waals surface area contributed by atoms with Gasteiger partial charge in [0.15, 0.2) is 22.7 Å². The Morgan fingerprint density at radius 2 is 0.627 bits per heavy atom. The van der Waals surface area contributed by atoms with Crippen LogP contribution in [0.5, 0.6) is 11.5 Å². The highest BCUT2D eigenvalue weighted by Crippen LogP contribution is 2.46. The first kappa shape index (κ1) is 75.9. The van der Waals surface area contributed by atoms with Crippen LogP contribution in [0.15, 0.2) is 183 Å². The van der Waals surface area contributed by atoms with E-state index in [9.17, 15) is 10.2 Å². The average molecular weight is 1450 g/mol. The molecule has 0 bridgehead atoms. The number of benzene rings is 8. The van der Waals surface area contributed by atoms with Crippen LogP contribution in [0.1, 0.15) is 130 Å². The van der Waals surface area contributed by atoms with Gasteiger partial charge in [-0.15, -0.1) is 0 Å². The molecular weight excluding hydrogens is 1360 g/mol. The zero-order valence-corrected chi connectivity index (χ0v) is 65.5. The number of hydrogen-bond donors (Lipinski definition) is 2.